The summed E-state index contributed by atoms with van der Waals surface area (Å²) < 4.78 is 4.79. The lowest BCUT2D eigenvalue weighted by molar-refractivity contribution is -0.156. The number of nitrogens with zero attached hydrogens (tertiary/aromatic N) is 1. The average Bonchev–Trinajstić information content (AvgIpc) is 2.92. The van der Waals surface area contributed by atoms with E-state index in [0.29, 0.717) is 5.56 Å². The van der Waals surface area contributed by atoms with Crippen LogP contribution in [0.1, 0.15) is 37.6 Å². The number of aliphatic carboxylic acids is 1. The van der Waals surface area contributed by atoms with Gasteiger partial charge in [-0.15, -0.1) is 0 Å². The average molecular weight is 296 g/mol. The summed E-state index contributed by atoms with van der Waals surface area (Å²) in [5, 5.41) is 11.7. The molecule has 1 aromatic heterocycles. The molecule has 0 aliphatic carbocycles. The fourth-order valence-corrected chi connectivity index (χ4v) is 1.91. The number of carboxylic acid groups (broad SMARTS) is 1. The van der Waals surface area contributed by atoms with E-state index < -0.39 is 11.5 Å². The first-order valence-electron chi connectivity index (χ1n) is 6.65. The number of rotatable bonds is 7. The van der Waals surface area contributed by atoms with E-state index in [1.807, 2.05) is 0 Å². The molecule has 1 heterocycles. The second-order valence-electron chi connectivity index (χ2n) is 5.02. The van der Waals surface area contributed by atoms with Gasteiger partial charge in [0.05, 0.1) is 11.8 Å². The van der Waals surface area contributed by atoms with Crippen LogP contribution < -0.4 is 5.32 Å². The molecule has 116 valence electrons. The summed E-state index contributed by atoms with van der Waals surface area (Å²) in [7, 11) is 0. The molecule has 7 heteroatoms. The Morgan fingerprint density at radius 3 is 2.52 bits per heavy atom. The maximum absolute atomic E-state index is 12.1. The van der Waals surface area contributed by atoms with Gasteiger partial charge >= 0.3 is 5.97 Å². The van der Waals surface area contributed by atoms with E-state index in [4.69, 9.17) is 9.52 Å². The van der Waals surface area contributed by atoms with Crippen LogP contribution in [0.2, 0.25) is 0 Å². The summed E-state index contributed by atoms with van der Waals surface area (Å²) in [6, 6.07) is 1.52. The summed E-state index contributed by atoms with van der Waals surface area (Å²) in [6.45, 7) is 5.08. The van der Waals surface area contributed by atoms with Gasteiger partial charge in [0.15, 0.2) is 0 Å². The van der Waals surface area contributed by atoms with Crippen LogP contribution >= 0.6 is 0 Å². The largest absolute Gasteiger partial charge is 0.480 e. The Morgan fingerprint density at radius 2 is 2.05 bits per heavy atom. The summed E-state index contributed by atoms with van der Waals surface area (Å²) in [5.41, 5.74) is -0.902. The number of hydrogen-bond acceptors (Lipinski definition) is 4. The summed E-state index contributed by atoms with van der Waals surface area (Å²) >= 11 is 0. The van der Waals surface area contributed by atoms with E-state index in [1.165, 1.54) is 37.3 Å². The molecule has 0 unspecified atom stereocenters. The first kappa shape index (κ1) is 16.7. The normalized spacial score (nSPS) is 11.0. The lowest BCUT2D eigenvalue weighted by Crippen LogP contribution is -2.53. The van der Waals surface area contributed by atoms with Crippen molar-refractivity contribution in [1.82, 2.24) is 10.2 Å². The number of likely N-dealkylation sites (N-methyl/N-ethyl adjacent to an activating group) is 1. The highest BCUT2D eigenvalue weighted by molar-refractivity contribution is 5.94. The predicted octanol–water partition coefficient (Wildman–Crippen LogP) is 1.11. The van der Waals surface area contributed by atoms with Crippen LogP contribution in [0.15, 0.2) is 23.0 Å². The maximum Gasteiger partial charge on any atom is 0.329 e. The molecule has 0 atom stereocenters. The Balaban J connectivity index is 2.52. The third-order valence-corrected chi connectivity index (χ3v) is 3.22. The van der Waals surface area contributed by atoms with Crippen LogP contribution in [0, 0.1) is 0 Å². The summed E-state index contributed by atoms with van der Waals surface area (Å²) in [5.74, 6) is -1.73. The molecule has 0 saturated heterocycles. The number of carbonyl (C=O) groups is 3. The highest BCUT2D eigenvalue weighted by Crippen LogP contribution is 2.15. The monoisotopic (exact) mass is 296 g/mol. The van der Waals surface area contributed by atoms with Crippen LogP contribution in [-0.4, -0.2) is 46.4 Å². The molecule has 0 saturated carbocycles. The van der Waals surface area contributed by atoms with Gasteiger partial charge in [-0.05, 0) is 26.8 Å². The van der Waals surface area contributed by atoms with Crippen LogP contribution in [0.4, 0.5) is 0 Å². The molecule has 0 aliphatic heterocycles. The standard InChI is InChI=1S/C14H20N2O5/c1-4-16(14(2,3)13(19)20)11(17)5-7-15-12(18)10-6-8-21-9-10/h6,8-9H,4-5,7H2,1-3H3,(H,15,18)(H,19,20). The van der Waals surface area contributed by atoms with E-state index in [-0.39, 0.29) is 31.3 Å². The van der Waals surface area contributed by atoms with Crippen molar-refractivity contribution in [2.75, 3.05) is 13.1 Å². The highest BCUT2D eigenvalue weighted by Gasteiger charge is 2.36. The minimum absolute atomic E-state index is 0.0359. The summed E-state index contributed by atoms with van der Waals surface area (Å²) in [6.07, 6.45) is 2.73. The molecular formula is C14H20N2O5. The van der Waals surface area contributed by atoms with E-state index in [9.17, 15) is 14.4 Å². The first-order chi connectivity index (χ1) is 9.80. The van der Waals surface area contributed by atoms with Crippen molar-refractivity contribution in [3.63, 3.8) is 0 Å². The minimum Gasteiger partial charge on any atom is -0.480 e. The van der Waals surface area contributed by atoms with Crippen LogP contribution in [0.3, 0.4) is 0 Å². The third kappa shape index (κ3) is 4.08. The van der Waals surface area contributed by atoms with Gasteiger partial charge in [-0.25, -0.2) is 4.79 Å². The number of nitrogens with one attached hydrogen (secondary N) is 1. The van der Waals surface area contributed by atoms with Crippen molar-refractivity contribution in [2.45, 2.75) is 32.7 Å². The molecular weight excluding hydrogens is 276 g/mol. The van der Waals surface area contributed by atoms with E-state index >= 15 is 0 Å². The molecule has 2 N–H and O–H groups in total. The number of carbonyl (C=O) groups excluding carboxylic acids is 2. The molecule has 0 fully saturated rings. The molecule has 21 heavy (non-hydrogen) atoms. The van der Waals surface area contributed by atoms with Crippen LogP contribution in [0.5, 0.6) is 0 Å². The van der Waals surface area contributed by atoms with Crippen molar-refractivity contribution < 1.29 is 23.9 Å². The molecule has 1 aromatic rings. The topological polar surface area (TPSA) is 99.9 Å². The molecule has 0 aliphatic rings. The van der Waals surface area contributed by atoms with Crippen LogP contribution in [-0.2, 0) is 9.59 Å². The maximum atomic E-state index is 12.1. The number of hydrogen-bond donors (Lipinski definition) is 2. The van der Waals surface area contributed by atoms with E-state index in [2.05, 4.69) is 5.32 Å². The van der Waals surface area contributed by atoms with Gasteiger partial charge in [0.2, 0.25) is 5.91 Å². The van der Waals surface area contributed by atoms with Crippen molar-refractivity contribution in [3.05, 3.63) is 24.2 Å². The zero-order valence-corrected chi connectivity index (χ0v) is 12.4. The second kappa shape index (κ2) is 6.92. The Morgan fingerprint density at radius 1 is 1.38 bits per heavy atom. The van der Waals surface area contributed by atoms with Gasteiger partial charge in [0.1, 0.15) is 11.8 Å². The van der Waals surface area contributed by atoms with Crippen molar-refractivity contribution in [2.24, 2.45) is 0 Å². The Bertz CT molecular complexity index is 507. The van der Waals surface area contributed by atoms with Crippen molar-refractivity contribution >= 4 is 17.8 Å². The molecule has 1 rings (SSSR count). The molecule has 0 aromatic carbocycles. The molecule has 0 spiro atoms. The van der Waals surface area contributed by atoms with Crippen molar-refractivity contribution in [1.29, 1.82) is 0 Å². The molecule has 0 bridgehead atoms. The lowest BCUT2D eigenvalue weighted by Gasteiger charge is -2.34. The Labute approximate surface area is 122 Å². The van der Waals surface area contributed by atoms with E-state index in [1.54, 1.807) is 6.92 Å². The van der Waals surface area contributed by atoms with Gasteiger partial charge in [0.25, 0.3) is 5.91 Å². The SMILES string of the molecule is CCN(C(=O)CCNC(=O)c1ccoc1)C(C)(C)C(=O)O. The number of carboxylic acids is 1. The van der Waals surface area contributed by atoms with E-state index in [0.717, 1.165) is 0 Å². The van der Waals surface area contributed by atoms with Gasteiger partial charge in [-0.3, -0.25) is 9.59 Å². The quantitative estimate of drug-likeness (QED) is 0.785. The van der Waals surface area contributed by atoms with Crippen LogP contribution in [0.25, 0.3) is 0 Å². The smallest absolute Gasteiger partial charge is 0.329 e. The Kier molecular flexibility index (Phi) is 5.52. The van der Waals surface area contributed by atoms with Gasteiger partial charge in [0, 0.05) is 19.5 Å². The fourth-order valence-electron chi connectivity index (χ4n) is 1.91. The van der Waals surface area contributed by atoms with Gasteiger partial charge in [-0.2, -0.15) is 0 Å². The molecule has 7 nitrogen and oxygen atoms in total. The molecule has 0 radical (unpaired) electrons. The zero-order valence-electron chi connectivity index (χ0n) is 12.4. The van der Waals surface area contributed by atoms with Gasteiger partial charge < -0.3 is 19.7 Å². The third-order valence-electron chi connectivity index (χ3n) is 3.22. The van der Waals surface area contributed by atoms with Gasteiger partial charge in [-0.1, -0.05) is 0 Å². The highest BCUT2D eigenvalue weighted by atomic mass is 16.4. The number of amides is 2. The second-order valence-corrected chi connectivity index (χ2v) is 5.02. The van der Waals surface area contributed by atoms with Crippen molar-refractivity contribution in [3.8, 4) is 0 Å². The summed E-state index contributed by atoms with van der Waals surface area (Å²) in [4.78, 5) is 36.2. The molecule has 2 amide bonds. The Hall–Kier alpha value is -2.31. The fraction of sp³-hybridized carbons (Fsp3) is 0.500. The predicted molar refractivity (Wildman–Crippen MR) is 74.8 cm³/mol. The first-order valence-corrected chi connectivity index (χ1v) is 6.65. The number of furan rings is 1. The minimum atomic E-state index is -1.28. The zero-order chi connectivity index (χ0) is 16.0. The lowest BCUT2D eigenvalue weighted by atomic mass is 10.0.